The molecule has 2 heterocycles. The summed E-state index contributed by atoms with van der Waals surface area (Å²) in [6, 6.07) is 5.45. The van der Waals surface area contributed by atoms with E-state index in [1.165, 1.54) is 24.1 Å². The Morgan fingerprint density at radius 1 is 1.26 bits per heavy atom. The van der Waals surface area contributed by atoms with Gasteiger partial charge in [0.25, 0.3) is 5.91 Å². The van der Waals surface area contributed by atoms with Crippen molar-refractivity contribution in [3.05, 3.63) is 40.7 Å². The number of amides is 1. The summed E-state index contributed by atoms with van der Waals surface area (Å²) in [6.07, 6.45) is 6.29. The first kappa shape index (κ1) is 13.9. The van der Waals surface area contributed by atoms with Gasteiger partial charge in [0.2, 0.25) is 0 Å². The van der Waals surface area contributed by atoms with Crippen molar-refractivity contribution in [1.29, 1.82) is 0 Å². The summed E-state index contributed by atoms with van der Waals surface area (Å²) in [6.45, 7) is 0. The van der Waals surface area contributed by atoms with E-state index in [0.29, 0.717) is 11.3 Å². The number of benzene rings is 1. The maximum atomic E-state index is 12.3. The van der Waals surface area contributed by atoms with Crippen LogP contribution in [-0.2, 0) is 17.6 Å². The summed E-state index contributed by atoms with van der Waals surface area (Å²) in [5.41, 5.74) is 12.1. The zero-order valence-electron chi connectivity index (χ0n) is 13.0. The van der Waals surface area contributed by atoms with Gasteiger partial charge in [-0.25, -0.2) is 0 Å². The summed E-state index contributed by atoms with van der Waals surface area (Å²) < 4.78 is 5.61. The van der Waals surface area contributed by atoms with Crippen LogP contribution in [0.4, 0.5) is 11.4 Å². The van der Waals surface area contributed by atoms with Gasteiger partial charge in [-0.15, -0.1) is 0 Å². The Bertz CT molecular complexity index is 833. The number of aryl methyl sites for hydroxylation is 1. The molecule has 0 bridgehead atoms. The third-order valence-corrected chi connectivity index (χ3v) is 4.59. The quantitative estimate of drug-likeness (QED) is 0.589. The van der Waals surface area contributed by atoms with Crippen molar-refractivity contribution in [2.45, 2.75) is 25.7 Å². The average molecular weight is 309 g/mol. The molecule has 23 heavy (non-hydrogen) atoms. The van der Waals surface area contributed by atoms with Crippen molar-refractivity contribution in [3.63, 3.8) is 0 Å². The van der Waals surface area contributed by atoms with Gasteiger partial charge in [-0.3, -0.25) is 4.79 Å². The summed E-state index contributed by atoms with van der Waals surface area (Å²) in [5, 5.41) is 2.88. The number of hydrogen-bond acceptors (Lipinski definition) is 3. The van der Waals surface area contributed by atoms with Gasteiger partial charge < -0.3 is 20.8 Å². The first-order valence-corrected chi connectivity index (χ1v) is 7.88. The first-order valence-electron chi connectivity index (χ1n) is 7.88. The molecule has 1 aliphatic carbocycles. The van der Waals surface area contributed by atoms with Crippen LogP contribution in [0.25, 0.3) is 11.6 Å². The third-order valence-electron chi connectivity index (χ3n) is 4.59. The van der Waals surface area contributed by atoms with E-state index in [1.54, 1.807) is 13.2 Å². The van der Waals surface area contributed by atoms with Crippen molar-refractivity contribution in [2.75, 3.05) is 18.2 Å². The molecular weight excluding hydrogens is 290 g/mol. The molecule has 0 atom stereocenters. The molecule has 1 aliphatic heterocycles. The van der Waals surface area contributed by atoms with Crippen LogP contribution in [0.1, 0.15) is 35.4 Å². The number of H-pyrrole nitrogens is 1. The number of anilines is 2. The van der Waals surface area contributed by atoms with E-state index in [1.807, 2.05) is 18.2 Å². The van der Waals surface area contributed by atoms with Crippen LogP contribution in [0.5, 0.6) is 5.75 Å². The number of nitrogens with two attached hydrogens (primary N) is 1. The van der Waals surface area contributed by atoms with E-state index in [2.05, 4.69) is 10.3 Å². The fraction of sp³-hybridized carbons (Fsp3) is 0.278. The normalized spacial score (nSPS) is 17.8. The summed E-state index contributed by atoms with van der Waals surface area (Å²) in [7, 11) is 1.68. The minimum atomic E-state index is -0.111. The van der Waals surface area contributed by atoms with Crippen molar-refractivity contribution < 1.29 is 9.53 Å². The molecule has 1 aromatic heterocycles. The topological polar surface area (TPSA) is 80.1 Å². The number of rotatable bonds is 2. The number of methoxy groups -OCH3 is 1. The van der Waals surface area contributed by atoms with E-state index in [9.17, 15) is 4.79 Å². The van der Waals surface area contributed by atoms with E-state index in [4.69, 9.17) is 10.5 Å². The second kappa shape index (κ2) is 5.19. The Kier molecular flexibility index (Phi) is 3.15. The maximum absolute atomic E-state index is 12.3. The van der Waals surface area contributed by atoms with Gasteiger partial charge in [-0.1, -0.05) is 0 Å². The minimum Gasteiger partial charge on any atom is -0.494 e. The molecule has 5 nitrogen and oxygen atoms in total. The van der Waals surface area contributed by atoms with Crippen LogP contribution < -0.4 is 15.8 Å². The Labute approximate surface area is 134 Å². The predicted octanol–water partition coefficient (Wildman–Crippen LogP) is 2.98. The maximum Gasteiger partial charge on any atom is 0.256 e. The molecular formula is C18H19N3O2. The highest BCUT2D eigenvalue weighted by atomic mass is 16.5. The molecule has 0 unspecified atom stereocenters. The lowest BCUT2D eigenvalue weighted by Crippen LogP contribution is -2.03. The molecule has 2 aromatic rings. The fourth-order valence-electron chi connectivity index (χ4n) is 3.50. The molecule has 0 saturated heterocycles. The first-order chi connectivity index (χ1) is 11.2. The molecule has 118 valence electrons. The molecule has 1 amide bonds. The second-order valence-electron chi connectivity index (χ2n) is 6.05. The highest BCUT2D eigenvalue weighted by molar-refractivity contribution is 6.35. The van der Waals surface area contributed by atoms with Crippen molar-refractivity contribution in [1.82, 2.24) is 4.98 Å². The molecule has 0 saturated carbocycles. The second-order valence-corrected chi connectivity index (χ2v) is 6.05. The molecule has 0 spiro atoms. The number of carbonyl (C=O) groups is 1. The number of aromatic nitrogens is 1. The van der Waals surface area contributed by atoms with Gasteiger partial charge >= 0.3 is 0 Å². The zero-order chi connectivity index (χ0) is 16.0. The number of nitrogen functional groups attached to an aromatic ring is 1. The Morgan fingerprint density at radius 2 is 2.09 bits per heavy atom. The predicted molar refractivity (Wildman–Crippen MR) is 91.3 cm³/mol. The number of carbonyl (C=O) groups excluding carboxylic acids is 1. The van der Waals surface area contributed by atoms with E-state index in [-0.39, 0.29) is 5.91 Å². The van der Waals surface area contributed by atoms with Crippen molar-refractivity contribution >= 4 is 28.9 Å². The summed E-state index contributed by atoms with van der Waals surface area (Å²) >= 11 is 0. The number of nitrogens with one attached hydrogen (secondary N) is 2. The van der Waals surface area contributed by atoms with Crippen LogP contribution in [0.3, 0.4) is 0 Å². The van der Waals surface area contributed by atoms with Gasteiger partial charge in [0.15, 0.2) is 0 Å². The molecule has 0 fully saturated rings. The van der Waals surface area contributed by atoms with Crippen molar-refractivity contribution in [3.8, 4) is 5.75 Å². The van der Waals surface area contributed by atoms with Gasteiger partial charge in [0.1, 0.15) is 5.75 Å². The monoisotopic (exact) mass is 309 g/mol. The van der Waals surface area contributed by atoms with Gasteiger partial charge in [0, 0.05) is 28.2 Å². The standard InChI is InChI=1S/C18H19N3O2/c1-23-17-11-4-2-3-5-14(11)20-16(17)9-13-12-8-10(19)6-7-15(12)21-18(13)22/h6-9,20H,2-5,19H2,1H3,(H,21,22). The number of fused-ring (bicyclic) bond motifs is 2. The number of aromatic amines is 1. The van der Waals surface area contributed by atoms with Crippen LogP contribution in [0, 0.1) is 0 Å². The fourth-order valence-corrected chi connectivity index (χ4v) is 3.50. The number of hydrogen-bond donors (Lipinski definition) is 3. The van der Waals surface area contributed by atoms with Gasteiger partial charge in [0.05, 0.1) is 18.4 Å². The summed E-state index contributed by atoms with van der Waals surface area (Å²) in [5.74, 6) is 0.748. The van der Waals surface area contributed by atoms with E-state index >= 15 is 0 Å². The Morgan fingerprint density at radius 3 is 2.91 bits per heavy atom. The average Bonchev–Trinajstić information content (AvgIpc) is 3.05. The van der Waals surface area contributed by atoms with E-state index < -0.39 is 0 Å². The molecule has 1 aromatic carbocycles. The molecule has 4 rings (SSSR count). The largest absolute Gasteiger partial charge is 0.494 e. The lowest BCUT2D eigenvalue weighted by Gasteiger charge is -2.11. The molecule has 0 radical (unpaired) electrons. The van der Waals surface area contributed by atoms with Crippen LogP contribution >= 0.6 is 0 Å². The van der Waals surface area contributed by atoms with Crippen LogP contribution in [-0.4, -0.2) is 18.0 Å². The molecule has 5 heteroatoms. The zero-order valence-corrected chi connectivity index (χ0v) is 13.0. The lowest BCUT2D eigenvalue weighted by molar-refractivity contribution is -0.110. The third kappa shape index (κ3) is 2.20. The van der Waals surface area contributed by atoms with Gasteiger partial charge in [-0.05, 0) is 50.0 Å². The van der Waals surface area contributed by atoms with Crippen LogP contribution in [0.15, 0.2) is 18.2 Å². The molecule has 4 N–H and O–H groups in total. The SMILES string of the molecule is COc1c(C=C2C(=O)Nc3ccc(N)cc32)[nH]c2c1CCCC2. The smallest absolute Gasteiger partial charge is 0.256 e. The minimum absolute atomic E-state index is 0.111. The summed E-state index contributed by atoms with van der Waals surface area (Å²) in [4.78, 5) is 15.7. The molecule has 2 aliphatic rings. The number of ether oxygens (including phenoxy) is 1. The Hall–Kier alpha value is -2.69. The lowest BCUT2D eigenvalue weighted by atomic mass is 9.97. The van der Waals surface area contributed by atoms with Crippen LogP contribution in [0.2, 0.25) is 0 Å². The van der Waals surface area contributed by atoms with E-state index in [0.717, 1.165) is 35.5 Å². The van der Waals surface area contributed by atoms with Crippen molar-refractivity contribution in [2.24, 2.45) is 0 Å². The highest BCUT2D eigenvalue weighted by Gasteiger charge is 2.26. The van der Waals surface area contributed by atoms with Gasteiger partial charge in [-0.2, -0.15) is 0 Å². The Balaban J connectivity index is 1.84. The highest BCUT2D eigenvalue weighted by Crippen LogP contribution is 2.38.